The maximum absolute atomic E-state index is 14.2. The van der Waals surface area contributed by atoms with Crippen LogP contribution in [0.25, 0.3) is 0 Å². The van der Waals surface area contributed by atoms with Crippen LogP contribution in [-0.2, 0) is 14.3 Å². The van der Waals surface area contributed by atoms with Crippen LogP contribution in [0.3, 0.4) is 0 Å². The Labute approximate surface area is 225 Å². The zero-order valence-electron chi connectivity index (χ0n) is 24.6. The van der Waals surface area contributed by atoms with E-state index in [4.69, 9.17) is 4.74 Å². The smallest absolute Gasteiger partial charge is 0.408 e. The molecular formula is C30H51N3O4. The van der Waals surface area contributed by atoms with Crippen LogP contribution in [-0.4, -0.2) is 47.0 Å². The SMILES string of the molecule is CCCCCCN(C(=O)C(NC(=O)OC(C)(C)C)C(C)C)C(C(=O)NC(C)CCC)c1ccccc1C. The number of unbranched alkanes of at least 4 members (excludes halogenated alkanes) is 3. The molecule has 37 heavy (non-hydrogen) atoms. The zero-order valence-corrected chi connectivity index (χ0v) is 24.6. The molecule has 0 aliphatic heterocycles. The summed E-state index contributed by atoms with van der Waals surface area (Å²) in [4.78, 5) is 42.3. The van der Waals surface area contributed by atoms with E-state index in [1.807, 2.05) is 52.0 Å². The van der Waals surface area contributed by atoms with Crippen LogP contribution in [0.2, 0.25) is 0 Å². The third-order valence-electron chi connectivity index (χ3n) is 6.29. The molecule has 0 radical (unpaired) electrons. The number of ether oxygens (including phenoxy) is 1. The maximum Gasteiger partial charge on any atom is 0.408 e. The summed E-state index contributed by atoms with van der Waals surface area (Å²) >= 11 is 0. The zero-order chi connectivity index (χ0) is 28.2. The van der Waals surface area contributed by atoms with E-state index in [0.717, 1.165) is 49.7 Å². The van der Waals surface area contributed by atoms with Crippen LogP contribution < -0.4 is 10.6 Å². The van der Waals surface area contributed by atoms with Gasteiger partial charge in [-0.1, -0.05) is 77.6 Å². The highest BCUT2D eigenvalue weighted by Gasteiger charge is 2.38. The van der Waals surface area contributed by atoms with Gasteiger partial charge in [0.05, 0.1) is 0 Å². The molecule has 0 fully saturated rings. The van der Waals surface area contributed by atoms with Gasteiger partial charge in [-0.2, -0.15) is 0 Å². The maximum atomic E-state index is 14.2. The summed E-state index contributed by atoms with van der Waals surface area (Å²) in [5.41, 5.74) is 1.05. The number of carbonyl (C=O) groups excluding carboxylic acids is 3. The highest BCUT2D eigenvalue weighted by molar-refractivity contribution is 5.92. The minimum atomic E-state index is -0.826. The predicted molar refractivity (Wildman–Crippen MR) is 150 cm³/mol. The molecule has 3 amide bonds. The Kier molecular flexibility index (Phi) is 13.7. The number of carbonyl (C=O) groups is 3. The Morgan fingerprint density at radius 1 is 0.946 bits per heavy atom. The molecule has 1 rings (SSSR count). The molecule has 0 heterocycles. The first-order valence-electron chi connectivity index (χ1n) is 14.0. The van der Waals surface area contributed by atoms with Gasteiger partial charge in [-0.15, -0.1) is 0 Å². The Morgan fingerprint density at radius 2 is 1.59 bits per heavy atom. The second-order valence-corrected chi connectivity index (χ2v) is 11.4. The van der Waals surface area contributed by atoms with Gasteiger partial charge in [0.25, 0.3) is 0 Å². The molecule has 0 spiro atoms. The molecule has 2 N–H and O–H groups in total. The Bertz CT molecular complexity index is 863. The average molecular weight is 518 g/mol. The molecule has 0 aliphatic rings. The van der Waals surface area contributed by atoms with Crippen molar-refractivity contribution < 1.29 is 19.1 Å². The van der Waals surface area contributed by atoms with Gasteiger partial charge < -0.3 is 20.3 Å². The Morgan fingerprint density at radius 3 is 2.14 bits per heavy atom. The number of nitrogens with zero attached hydrogens (tertiary/aromatic N) is 1. The minimum Gasteiger partial charge on any atom is -0.444 e. The van der Waals surface area contributed by atoms with Crippen molar-refractivity contribution >= 4 is 17.9 Å². The monoisotopic (exact) mass is 517 g/mol. The fourth-order valence-corrected chi connectivity index (χ4v) is 4.37. The molecule has 1 aromatic carbocycles. The van der Waals surface area contributed by atoms with Crippen LogP contribution in [0.1, 0.15) is 111 Å². The van der Waals surface area contributed by atoms with Gasteiger partial charge in [0, 0.05) is 12.6 Å². The topological polar surface area (TPSA) is 87.7 Å². The summed E-state index contributed by atoms with van der Waals surface area (Å²) in [6.07, 6.45) is 5.02. The average Bonchev–Trinajstić information content (AvgIpc) is 2.78. The normalized spacial score (nSPS) is 14.0. The van der Waals surface area contributed by atoms with E-state index in [2.05, 4.69) is 24.5 Å². The molecule has 0 aromatic heterocycles. The fourth-order valence-electron chi connectivity index (χ4n) is 4.37. The van der Waals surface area contributed by atoms with Gasteiger partial charge >= 0.3 is 6.09 Å². The molecule has 0 saturated carbocycles. The van der Waals surface area contributed by atoms with Crippen LogP contribution in [0.4, 0.5) is 4.79 Å². The first-order chi connectivity index (χ1) is 17.3. The standard InChI is InChI=1S/C30H51N3O4/c1-10-12-13-16-20-33(28(35)25(21(3)4)32-29(36)37-30(7,8)9)26(24-19-15-14-18-22(24)5)27(34)31-23(6)17-11-2/h14-15,18-19,21,23,25-26H,10-13,16-17,20H2,1-9H3,(H,31,34)(H,32,36). The number of hydrogen-bond acceptors (Lipinski definition) is 4. The van der Waals surface area contributed by atoms with Crippen molar-refractivity contribution in [1.82, 2.24) is 15.5 Å². The molecule has 7 nitrogen and oxygen atoms in total. The van der Waals surface area contributed by atoms with Crippen LogP contribution in [0.5, 0.6) is 0 Å². The largest absolute Gasteiger partial charge is 0.444 e. The van der Waals surface area contributed by atoms with E-state index in [1.165, 1.54) is 0 Å². The van der Waals surface area contributed by atoms with Crippen molar-refractivity contribution in [2.75, 3.05) is 6.54 Å². The van der Waals surface area contributed by atoms with Crippen LogP contribution >= 0.6 is 0 Å². The third-order valence-corrected chi connectivity index (χ3v) is 6.29. The molecule has 1 aromatic rings. The van der Waals surface area contributed by atoms with E-state index >= 15 is 0 Å². The summed E-state index contributed by atoms with van der Waals surface area (Å²) < 4.78 is 5.45. The predicted octanol–water partition coefficient (Wildman–Crippen LogP) is 6.30. The molecule has 210 valence electrons. The van der Waals surface area contributed by atoms with Crippen LogP contribution in [0.15, 0.2) is 24.3 Å². The van der Waals surface area contributed by atoms with E-state index in [-0.39, 0.29) is 23.8 Å². The summed E-state index contributed by atoms with van der Waals surface area (Å²) in [5.74, 6) is -0.666. The van der Waals surface area contributed by atoms with Gasteiger partial charge in [-0.3, -0.25) is 9.59 Å². The van der Waals surface area contributed by atoms with Gasteiger partial charge in [-0.05, 0) is 64.5 Å². The quantitative estimate of drug-likeness (QED) is 0.284. The van der Waals surface area contributed by atoms with Gasteiger partial charge in [-0.25, -0.2) is 4.79 Å². The number of aryl methyl sites for hydroxylation is 1. The molecule has 7 heteroatoms. The number of alkyl carbamates (subject to hydrolysis) is 1. The number of amides is 3. The van der Waals surface area contributed by atoms with E-state index in [0.29, 0.717) is 6.54 Å². The number of hydrogen-bond donors (Lipinski definition) is 2. The molecule has 0 bridgehead atoms. The minimum absolute atomic E-state index is 0.0122. The summed E-state index contributed by atoms with van der Waals surface area (Å²) in [6, 6.07) is 6.08. The van der Waals surface area contributed by atoms with Crippen LogP contribution in [0, 0.1) is 12.8 Å². The van der Waals surface area contributed by atoms with Crippen molar-refractivity contribution in [3.63, 3.8) is 0 Å². The van der Waals surface area contributed by atoms with Gasteiger partial charge in [0.15, 0.2) is 0 Å². The van der Waals surface area contributed by atoms with Crippen molar-refractivity contribution in [1.29, 1.82) is 0 Å². The van der Waals surface area contributed by atoms with Crippen molar-refractivity contribution in [3.05, 3.63) is 35.4 Å². The summed E-state index contributed by atoms with van der Waals surface area (Å²) in [6.45, 7) is 17.7. The first-order valence-corrected chi connectivity index (χ1v) is 14.0. The molecule has 3 atom stereocenters. The number of nitrogens with one attached hydrogen (secondary N) is 2. The van der Waals surface area contributed by atoms with Crippen molar-refractivity contribution in [2.45, 2.75) is 125 Å². The first kappa shape index (κ1) is 32.5. The lowest BCUT2D eigenvalue weighted by molar-refractivity contribution is -0.143. The molecular weight excluding hydrogens is 466 g/mol. The molecule has 0 saturated heterocycles. The lowest BCUT2D eigenvalue weighted by atomic mass is 9.95. The van der Waals surface area contributed by atoms with E-state index in [1.54, 1.807) is 25.7 Å². The number of benzene rings is 1. The van der Waals surface area contributed by atoms with Gasteiger partial charge in [0.1, 0.15) is 17.7 Å². The Balaban J connectivity index is 3.48. The van der Waals surface area contributed by atoms with Gasteiger partial charge in [0.2, 0.25) is 11.8 Å². The fraction of sp³-hybridized carbons (Fsp3) is 0.700. The second kappa shape index (κ2) is 15.6. The lowest BCUT2D eigenvalue weighted by Gasteiger charge is -2.36. The number of rotatable bonds is 14. The highest BCUT2D eigenvalue weighted by atomic mass is 16.6. The van der Waals surface area contributed by atoms with E-state index < -0.39 is 23.8 Å². The highest BCUT2D eigenvalue weighted by Crippen LogP contribution is 2.27. The van der Waals surface area contributed by atoms with Crippen molar-refractivity contribution in [2.24, 2.45) is 5.92 Å². The van der Waals surface area contributed by atoms with Crippen molar-refractivity contribution in [3.8, 4) is 0 Å². The van der Waals surface area contributed by atoms with E-state index in [9.17, 15) is 14.4 Å². The Hall–Kier alpha value is -2.57. The summed E-state index contributed by atoms with van der Waals surface area (Å²) in [5, 5.41) is 5.93. The third kappa shape index (κ3) is 11.1. The molecule has 0 aliphatic carbocycles. The summed E-state index contributed by atoms with van der Waals surface area (Å²) in [7, 11) is 0. The second-order valence-electron chi connectivity index (χ2n) is 11.4. The lowest BCUT2D eigenvalue weighted by Crippen LogP contribution is -2.55. The molecule has 3 unspecified atom stereocenters.